The Morgan fingerprint density at radius 1 is 0.688 bits per heavy atom. The molecule has 176 valence electrons. The highest BCUT2D eigenvalue weighted by atomic mass is 16.5. The van der Waals surface area contributed by atoms with Crippen LogP contribution in [0, 0.1) is 0 Å². The molecule has 0 radical (unpaired) electrons. The molecule has 0 amide bonds. The topological polar surface area (TPSA) is 35.0 Å². The van der Waals surface area contributed by atoms with E-state index in [9.17, 15) is 0 Å². The fourth-order valence-electron chi connectivity index (χ4n) is 3.73. The number of ether oxygens (including phenoxy) is 1. The summed E-state index contributed by atoms with van der Waals surface area (Å²) in [6.07, 6.45) is 26.2. The molecule has 3 heteroatoms. The highest BCUT2D eigenvalue weighted by molar-refractivity contribution is 5.55. The van der Waals surface area contributed by atoms with Gasteiger partial charge in [-0.1, -0.05) is 77.4 Å². The summed E-state index contributed by atoms with van der Waals surface area (Å²) in [6.45, 7) is 5.27. The molecule has 2 rings (SSSR count). The first-order valence-electron chi connectivity index (χ1n) is 13.0. The van der Waals surface area contributed by atoms with Crippen LogP contribution in [0.1, 0.15) is 103 Å². The quantitative estimate of drug-likeness (QED) is 0.173. The summed E-state index contributed by atoms with van der Waals surface area (Å²) in [6, 6.07) is 8.15. The van der Waals surface area contributed by atoms with Crippen molar-refractivity contribution in [2.24, 2.45) is 0 Å². The number of unbranched alkanes of at least 4 members (excludes halogenated alkanes) is 10. The third kappa shape index (κ3) is 11.5. The second-order valence-electron chi connectivity index (χ2n) is 8.77. The van der Waals surface area contributed by atoms with E-state index in [-0.39, 0.29) is 0 Å². The van der Waals surface area contributed by atoms with Crippen molar-refractivity contribution < 1.29 is 4.74 Å². The van der Waals surface area contributed by atoms with Gasteiger partial charge in [0.25, 0.3) is 0 Å². The van der Waals surface area contributed by atoms with Crippen LogP contribution in [0.4, 0.5) is 0 Å². The van der Waals surface area contributed by atoms with E-state index in [4.69, 9.17) is 4.74 Å². The van der Waals surface area contributed by atoms with Gasteiger partial charge in [0.15, 0.2) is 5.82 Å². The number of nitrogens with zero attached hydrogens (tertiary/aromatic N) is 2. The van der Waals surface area contributed by atoms with Crippen LogP contribution in [0.25, 0.3) is 11.4 Å². The minimum Gasteiger partial charge on any atom is -0.494 e. The van der Waals surface area contributed by atoms with Crippen molar-refractivity contribution >= 4 is 0 Å². The van der Waals surface area contributed by atoms with Crippen LogP contribution in [-0.4, -0.2) is 16.6 Å². The molecule has 0 aliphatic rings. The highest BCUT2D eigenvalue weighted by Crippen LogP contribution is 2.20. The van der Waals surface area contributed by atoms with Gasteiger partial charge in [0, 0.05) is 18.0 Å². The lowest BCUT2D eigenvalue weighted by atomic mass is 10.1. The predicted octanol–water partition coefficient (Wildman–Crippen LogP) is 8.73. The maximum absolute atomic E-state index is 5.88. The third-order valence-corrected chi connectivity index (χ3v) is 5.81. The molecule has 2 aromatic rings. The van der Waals surface area contributed by atoms with E-state index in [1.54, 1.807) is 0 Å². The van der Waals surface area contributed by atoms with Crippen LogP contribution >= 0.6 is 0 Å². The standard InChI is InChI=1S/C29H44N2O/c1-3-5-7-9-11-13-15-17-23-32-28-21-19-27(20-22-28)29-30-24-26(25-31-29)18-16-14-12-10-8-6-4-2/h9,11,19-22,24-25H,3-8,10,12-18,23H2,1-2H3. The Morgan fingerprint density at radius 3 is 2.00 bits per heavy atom. The summed E-state index contributed by atoms with van der Waals surface area (Å²) in [5.74, 6) is 1.71. The van der Waals surface area contributed by atoms with Gasteiger partial charge < -0.3 is 4.74 Å². The van der Waals surface area contributed by atoms with Gasteiger partial charge in [-0.05, 0) is 68.4 Å². The third-order valence-electron chi connectivity index (χ3n) is 5.81. The van der Waals surface area contributed by atoms with Gasteiger partial charge in [-0.2, -0.15) is 0 Å². The first-order chi connectivity index (χ1) is 15.8. The molecule has 0 atom stereocenters. The molecule has 0 aliphatic heterocycles. The van der Waals surface area contributed by atoms with Gasteiger partial charge in [0.1, 0.15) is 5.75 Å². The minimum absolute atomic E-state index is 0.770. The number of aromatic nitrogens is 2. The molecular formula is C29H44N2O. The number of allylic oxidation sites excluding steroid dienone is 2. The molecule has 32 heavy (non-hydrogen) atoms. The van der Waals surface area contributed by atoms with Gasteiger partial charge in [-0.15, -0.1) is 0 Å². The monoisotopic (exact) mass is 436 g/mol. The Bertz CT molecular complexity index is 722. The molecule has 1 heterocycles. The van der Waals surface area contributed by atoms with Crippen molar-refractivity contribution in [3.05, 3.63) is 54.4 Å². The lowest BCUT2D eigenvalue weighted by molar-refractivity contribution is 0.307. The van der Waals surface area contributed by atoms with E-state index in [2.05, 4.69) is 48.1 Å². The van der Waals surface area contributed by atoms with Gasteiger partial charge >= 0.3 is 0 Å². The lowest BCUT2D eigenvalue weighted by Gasteiger charge is -2.07. The zero-order chi connectivity index (χ0) is 22.7. The summed E-state index contributed by atoms with van der Waals surface area (Å²) >= 11 is 0. The van der Waals surface area contributed by atoms with Crippen molar-refractivity contribution in [2.75, 3.05) is 6.61 Å². The molecular weight excluding hydrogens is 392 g/mol. The van der Waals surface area contributed by atoms with Crippen LogP contribution in [0.15, 0.2) is 48.8 Å². The van der Waals surface area contributed by atoms with Crippen molar-refractivity contribution in [1.82, 2.24) is 9.97 Å². The smallest absolute Gasteiger partial charge is 0.159 e. The summed E-state index contributed by atoms with van der Waals surface area (Å²) in [5.41, 5.74) is 2.28. The maximum atomic E-state index is 5.88. The Morgan fingerprint density at radius 2 is 1.31 bits per heavy atom. The average Bonchev–Trinajstić information content (AvgIpc) is 2.83. The molecule has 0 fully saturated rings. The van der Waals surface area contributed by atoms with E-state index in [1.165, 1.54) is 76.2 Å². The van der Waals surface area contributed by atoms with Gasteiger partial charge in [-0.3, -0.25) is 0 Å². The summed E-state index contributed by atoms with van der Waals surface area (Å²) in [5, 5.41) is 0. The Labute approximate surface area is 196 Å². The maximum Gasteiger partial charge on any atom is 0.159 e. The SMILES string of the molecule is CCCCC=CCCCCOc1ccc(-c2ncc(CCCCCCCCC)cn2)cc1. The van der Waals surface area contributed by atoms with Crippen molar-refractivity contribution in [2.45, 2.75) is 104 Å². The average molecular weight is 437 g/mol. The van der Waals surface area contributed by atoms with Gasteiger partial charge in [-0.25, -0.2) is 9.97 Å². The number of aryl methyl sites for hydroxylation is 1. The van der Waals surface area contributed by atoms with Crippen molar-refractivity contribution in [3.8, 4) is 17.1 Å². The zero-order valence-corrected chi connectivity index (χ0v) is 20.5. The Kier molecular flexibility index (Phi) is 14.2. The van der Waals surface area contributed by atoms with E-state index in [0.29, 0.717) is 0 Å². The van der Waals surface area contributed by atoms with E-state index in [1.807, 2.05) is 24.5 Å². The number of benzene rings is 1. The number of hydrogen-bond acceptors (Lipinski definition) is 3. The summed E-state index contributed by atoms with van der Waals surface area (Å²) in [4.78, 5) is 9.16. The normalized spacial score (nSPS) is 11.3. The van der Waals surface area contributed by atoms with E-state index >= 15 is 0 Å². The molecule has 0 unspecified atom stereocenters. The first-order valence-corrected chi connectivity index (χ1v) is 13.0. The summed E-state index contributed by atoms with van der Waals surface area (Å²) in [7, 11) is 0. The van der Waals surface area contributed by atoms with Crippen LogP contribution < -0.4 is 4.74 Å². The second kappa shape index (κ2) is 17.4. The van der Waals surface area contributed by atoms with Crippen LogP contribution in [0.2, 0.25) is 0 Å². The molecule has 0 N–H and O–H groups in total. The van der Waals surface area contributed by atoms with E-state index in [0.717, 1.165) is 43.0 Å². The van der Waals surface area contributed by atoms with Crippen LogP contribution in [-0.2, 0) is 6.42 Å². The molecule has 0 bridgehead atoms. The Balaban J connectivity index is 1.63. The fourth-order valence-corrected chi connectivity index (χ4v) is 3.73. The molecule has 0 spiro atoms. The zero-order valence-electron chi connectivity index (χ0n) is 20.5. The molecule has 0 aliphatic carbocycles. The summed E-state index contributed by atoms with van der Waals surface area (Å²) < 4.78 is 5.88. The lowest BCUT2D eigenvalue weighted by Crippen LogP contribution is -1.97. The predicted molar refractivity (Wildman–Crippen MR) is 137 cm³/mol. The van der Waals surface area contributed by atoms with Gasteiger partial charge in [0.05, 0.1) is 6.61 Å². The Hall–Kier alpha value is -2.16. The highest BCUT2D eigenvalue weighted by Gasteiger charge is 2.03. The molecule has 1 aromatic carbocycles. The second-order valence-corrected chi connectivity index (χ2v) is 8.77. The largest absolute Gasteiger partial charge is 0.494 e. The number of rotatable bonds is 18. The van der Waals surface area contributed by atoms with E-state index < -0.39 is 0 Å². The first kappa shape index (κ1) is 26.1. The van der Waals surface area contributed by atoms with Crippen LogP contribution in [0.3, 0.4) is 0 Å². The van der Waals surface area contributed by atoms with Crippen LogP contribution in [0.5, 0.6) is 5.75 Å². The molecule has 3 nitrogen and oxygen atoms in total. The molecule has 1 aromatic heterocycles. The molecule has 0 saturated carbocycles. The van der Waals surface area contributed by atoms with Crippen molar-refractivity contribution in [3.63, 3.8) is 0 Å². The molecule has 0 saturated heterocycles. The van der Waals surface area contributed by atoms with Crippen molar-refractivity contribution in [1.29, 1.82) is 0 Å². The number of hydrogen-bond donors (Lipinski definition) is 0. The van der Waals surface area contributed by atoms with Gasteiger partial charge in [0.2, 0.25) is 0 Å². The minimum atomic E-state index is 0.770. The fraction of sp³-hybridized carbons (Fsp3) is 0.586.